The fourth-order valence-corrected chi connectivity index (χ4v) is 0.300. The Morgan fingerprint density at radius 2 is 2.25 bits per heavy atom. The average Bonchev–Trinajstić information content (AvgIpc) is 1.83. The Hall–Kier alpha value is -0.500. The smallest absolute Gasteiger partial charge is 0.0188 e. The first-order chi connectivity index (χ1) is 3.81. The van der Waals surface area contributed by atoms with E-state index in [9.17, 15) is 0 Å². The van der Waals surface area contributed by atoms with Gasteiger partial charge < -0.3 is 5.43 Å². The van der Waals surface area contributed by atoms with Gasteiger partial charge in [-0.05, 0) is 13.8 Å². The van der Waals surface area contributed by atoms with E-state index in [2.05, 4.69) is 17.8 Å². The molecule has 0 aliphatic heterocycles. The SMILES string of the molecule is C/C=C(\C)NNCC. The lowest BCUT2D eigenvalue weighted by atomic mass is 10.5. The van der Waals surface area contributed by atoms with Crippen LogP contribution in [0.1, 0.15) is 20.8 Å². The number of nitrogens with one attached hydrogen (secondary N) is 2. The van der Waals surface area contributed by atoms with Crippen molar-refractivity contribution in [1.82, 2.24) is 10.9 Å². The van der Waals surface area contributed by atoms with Gasteiger partial charge in [-0.1, -0.05) is 13.0 Å². The van der Waals surface area contributed by atoms with Crippen molar-refractivity contribution in [2.24, 2.45) is 0 Å². The van der Waals surface area contributed by atoms with E-state index in [0.29, 0.717) is 0 Å². The van der Waals surface area contributed by atoms with E-state index in [1.165, 1.54) is 0 Å². The third kappa shape index (κ3) is 3.68. The zero-order valence-corrected chi connectivity index (χ0v) is 5.78. The fraction of sp³-hybridized carbons (Fsp3) is 0.667. The Morgan fingerprint density at radius 1 is 1.62 bits per heavy atom. The molecule has 0 radical (unpaired) electrons. The predicted octanol–water partition coefficient (Wildman–Crippen LogP) is 1.02. The molecule has 0 unspecified atom stereocenters. The highest BCUT2D eigenvalue weighted by molar-refractivity contribution is 4.90. The topological polar surface area (TPSA) is 24.1 Å². The van der Waals surface area contributed by atoms with Gasteiger partial charge in [-0.2, -0.15) is 0 Å². The maximum atomic E-state index is 2.99. The summed E-state index contributed by atoms with van der Waals surface area (Å²) in [7, 11) is 0. The van der Waals surface area contributed by atoms with Gasteiger partial charge in [-0.15, -0.1) is 0 Å². The summed E-state index contributed by atoms with van der Waals surface area (Å²) in [6, 6.07) is 0. The highest BCUT2D eigenvalue weighted by Crippen LogP contribution is 1.78. The third-order valence-corrected chi connectivity index (χ3v) is 0.895. The van der Waals surface area contributed by atoms with Crippen molar-refractivity contribution < 1.29 is 0 Å². The van der Waals surface area contributed by atoms with Crippen molar-refractivity contribution in [1.29, 1.82) is 0 Å². The lowest BCUT2D eigenvalue weighted by Gasteiger charge is -2.03. The van der Waals surface area contributed by atoms with Gasteiger partial charge in [0.2, 0.25) is 0 Å². The molecule has 0 rings (SSSR count). The molecule has 0 atom stereocenters. The Labute approximate surface area is 50.9 Å². The van der Waals surface area contributed by atoms with E-state index in [-0.39, 0.29) is 0 Å². The molecule has 0 aliphatic rings. The van der Waals surface area contributed by atoms with E-state index in [4.69, 9.17) is 0 Å². The molecule has 0 spiro atoms. The molecule has 8 heavy (non-hydrogen) atoms. The lowest BCUT2D eigenvalue weighted by molar-refractivity contribution is 0.624. The van der Waals surface area contributed by atoms with E-state index < -0.39 is 0 Å². The van der Waals surface area contributed by atoms with Gasteiger partial charge in [-0.3, -0.25) is 0 Å². The fourth-order valence-electron chi connectivity index (χ4n) is 0.300. The Balaban J connectivity index is 3.12. The van der Waals surface area contributed by atoms with Gasteiger partial charge in [0.1, 0.15) is 0 Å². The maximum Gasteiger partial charge on any atom is 0.0188 e. The molecule has 0 aromatic carbocycles. The highest BCUT2D eigenvalue weighted by Gasteiger charge is 1.77. The van der Waals surface area contributed by atoms with Gasteiger partial charge in [0.15, 0.2) is 0 Å². The number of hydrogen-bond donors (Lipinski definition) is 2. The van der Waals surface area contributed by atoms with Gasteiger partial charge in [0.05, 0.1) is 0 Å². The lowest BCUT2D eigenvalue weighted by Crippen LogP contribution is -2.29. The summed E-state index contributed by atoms with van der Waals surface area (Å²) in [6.07, 6.45) is 2.02. The second kappa shape index (κ2) is 4.65. The molecule has 0 fully saturated rings. The van der Waals surface area contributed by atoms with Crippen LogP contribution in [0.4, 0.5) is 0 Å². The molecule has 2 nitrogen and oxygen atoms in total. The van der Waals surface area contributed by atoms with Crippen molar-refractivity contribution in [3.8, 4) is 0 Å². The molecule has 2 N–H and O–H groups in total. The van der Waals surface area contributed by atoms with E-state index in [1.54, 1.807) is 0 Å². The van der Waals surface area contributed by atoms with Crippen LogP contribution in [0.2, 0.25) is 0 Å². The van der Waals surface area contributed by atoms with E-state index in [1.807, 2.05) is 19.9 Å². The predicted molar refractivity (Wildman–Crippen MR) is 36.2 cm³/mol. The van der Waals surface area contributed by atoms with Crippen molar-refractivity contribution >= 4 is 0 Å². The van der Waals surface area contributed by atoms with Crippen LogP contribution in [0.3, 0.4) is 0 Å². The van der Waals surface area contributed by atoms with Crippen molar-refractivity contribution in [2.75, 3.05) is 6.54 Å². The molecule has 48 valence electrons. The minimum absolute atomic E-state index is 0.950. The Kier molecular flexibility index (Phi) is 4.36. The first kappa shape index (κ1) is 7.50. The Morgan fingerprint density at radius 3 is 2.62 bits per heavy atom. The molecule has 0 aromatic rings. The molecule has 0 bridgehead atoms. The van der Waals surface area contributed by atoms with Gasteiger partial charge in [-0.25, -0.2) is 5.43 Å². The monoisotopic (exact) mass is 114 g/mol. The maximum absolute atomic E-state index is 2.99. The van der Waals surface area contributed by atoms with Gasteiger partial charge in [0, 0.05) is 12.2 Å². The standard InChI is InChI=1S/C6H14N2/c1-4-6(3)8-7-5-2/h4,7-8H,5H2,1-3H3/b6-4+. The average molecular weight is 114 g/mol. The summed E-state index contributed by atoms with van der Waals surface area (Å²) in [4.78, 5) is 0. The van der Waals surface area contributed by atoms with Crippen LogP contribution in [-0.4, -0.2) is 6.54 Å². The van der Waals surface area contributed by atoms with E-state index in [0.717, 1.165) is 12.2 Å². The number of hydrogen-bond acceptors (Lipinski definition) is 2. The molecule has 0 amide bonds. The van der Waals surface area contributed by atoms with Crippen LogP contribution in [0, 0.1) is 0 Å². The van der Waals surface area contributed by atoms with Crippen LogP contribution >= 0.6 is 0 Å². The van der Waals surface area contributed by atoms with Crippen molar-refractivity contribution in [2.45, 2.75) is 20.8 Å². The van der Waals surface area contributed by atoms with Crippen molar-refractivity contribution in [3.05, 3.63) is 11.8 Å². The number of rotatable bonds is 3. The first-order valence-corrected chi connectivity index (χ1v) is 2.93. The molecule has 0 aromatic heterocycles. The van der Waals surface area contributed by atoms with Crippen LogP contribution in [0.15, 0.2) is 11.8 Å². The molecule has 0 saturated carbocycles. The quantitative estimate of drug-likeness (QED) is 0.535. The largest absolute Gasteiger partial charge is 0.326 e. The van der Waals surface area contributed by atoms with Gasteiger partial charge in [0.25, 0.3) is 0 Å². The molecule has 0 saturated heterocycles. The number of hydrazine groups is 1. The molecular formula is C6H14N2. The zero-order valence-electron chi connectivity index (χ0n) is 5.78. The summed E-state index contributed by atoms with van der Waals surface area (Å²) in [6.45, 7) is 7.02. The summed E-state index contributed by atoms with van der Waals surface area (Å²) in [5, 5.41) is 0. The van der Waals surface area contributed by atoms with Crippen LogP contribution < -0.4 is 10.9 Å². The minimum atomic E-state index is 0.950. The van der Waals surface area contributed by atoms with Crippen LogP contribution in [-0.2, 0) is 0 Å². The second-order valence-corrected chi connectivity index (χ2v) is 1.63. The first-order valence-electron chi connectivity index (χ1n) is 2.93. The van der Waals surface area contributed by atoms with Gasteiger partial charge >= 0.3 is 0 Å². The minimum Gasteiger partial charge on any atom is -0.326 e. The number of allylic oxidation sites excluding steroid dienone is 2. The summed E-state index contributed by atoms with van der Waals surface area (Å²) in [5.74, 6) is 0. The highest BCUT2D eigenvalue weighted by atomic mass is 15.3. The normalized spacial score (nSPS) is 11.6. The van der Waals surface area contributed by atoms with Crippen LogP contribution in [0.25, 0.3) is 0 Å². The van der Waals surface area contributed by atoms with Crippen molar-refractivity contribution in [3.63, 3.8) is 0 Å². The second-order valence-electron chi connectivity index (χ2n) is 1.63. The molecule has 2 heteroatoms. The van der Waals surface area contributed by atoms with E-state index >= 15 is 0 Å². The Bertz CT molecular complexity index is 76.6. The zero-order chi connectivity index (χ0) is 6.41. The molecule has 0 heterocycles. The van der Waals surface area contributed by atoms with Crippen LogP contribution in [0.5, 0.6) is 0 Å². The third-order valence-electron chi connectivity index (χ3n) is 0.895. The summed E-state index contributed by atoms with van der Waals surface area (Å²) in [5.41, 5.74) is 7.13. The molecule has 0 aliphatic carbocycles. The summed E-state index contributed by atoms with van der Waals surface area (Å²) < 4.78 is 0. The molecular weight excluding hydrogens is 100 g/mol. The summed E-state index contributed by atoms with van der Waals surface area (Å²) >= 11 is 0.